The molecule has 1 aliphatic rings. The van der Waals surface area contributed by atoms with Crippen LogP contribution in [0.15, 0.2) is 18.2 Å². The zero-order chi connectivity index (χ0) is 11.0. The van der Waals surface area contributed by atoms with Crippen molar-refractivity contribution in [2.75, 3.05) is 0 Å². The molecule has 3 heteroatoms. The van der Waals surface area contributed by atoms with E-state index in [0.717, 1.165) is 5.56 Å². The second-order valence-electron chi connectivity index (χ2n) is 4.20. The standard InChI is InChI=1S/C12H15NO2/c1-7(2)12-13-11(14)10-8(3)5-4-6-9(10)15-12/h4-7,12H,1-3H3,(H,13,14)/t12-/m1/s1. The maximum absolute atomic E-state index is 11.8. The van der Waals surface area contributed by atoms with Crippen molar-refractivity contribution >= 4 is 5.91 Å². The van der Waals surface area contributed by atoms with Crippen molar-refractivity contribution in [3.63, 3.8) is 0 Å². The van der Waals surface area contributed by atoms with Crippen molar-refractivity contribution in [1.82, 2.24) is 5.32 Å². The molecular weight excluding hydrogens is 190 g/mol. The highest BCUT2D eigenvalue weighted by atomic mass is 16.5. The number of amides is 1. The number of carbonyl (C=O) groups excluding carboxylic acids is 1. The first kappa shape index (κ1) is 10.0. The Morgan fingerprint density at radius 2 is 2.13 bits per heavy atom. The summed E-state index contributed by atoms with van der Waals surface area (Å²) in [4.78, 5) is 11.8. The number of nitrogens with one attached hydrogen (secondary N) is 1. The fraction of sp³-hybridized carbons (Fsp3) is 0.417. The summed E-state index contributed by atoms with van der Waals surface area (Å²) in [6.07, 6.45) is -0.216. The number of aryl methyl sites for hydroxylation is 1. The Balaban J connectivity index is 2.41. The van der Waals surface area contributed by atoms with Crippen LogP contribution in [0.3, 0.4) is 0 Å². The molecule has 0 fully saturated rings. The molecule has 1 amide bonds. The SMILES string of the molecule is Cc1cccc2c1C(=O)N[C@@H](C(C)C)O2. The quantitative estimate of drug-likeness (QED) is 0.762. The first-order valence-corrected chi connectivity index (χ1v) is 5.16. The van der Waals surface area contributed by atoms with Crippen LogP contribution in [-0.2, 0) is 0 Å². The van der Waals surface area contributed by atoms with E-state index in [1.165, 1.54) is 0 Å². The summed E-state index contributed by atoms with van der Waals surface area (Å²) in [6, 6.07) is 5.66. The van der Waals surface area contributed by atoms with Gasteiger partial charge in [-0.25, -0.2) is 0 Å². The van der Waals surface area contributed by atoms with Crippen LogP contribution < -0.4 is 10.1 Å². The van der Waals surface area contributed by atoms with Crippen LogP contribution in [0.1, 0.15) is 29.8 Å². The molecule has 0 bridgehead atoms. The number of ether oxygens (including phenoxy) is 1. The predicted octanol–water partition coefficient (Wildman–Crippen LogP) is 2.10. The van der Waals surface area contributed by atoms with Crippen molar-refractivity contribution in [3.05, 3.63) is 29.3 Å². The van der Waals surface area contributed by atoms with E-state index in [1.807, 2.05) is 39.0 Å². The molecule has 0 unspecified atom stereocenters. The molecule has 1 aromatic carbocycles. The molecule has 3 nitrogen and oxygen atoms in total. The van der Waals surface area contributed by atoms with Gasteiger partial charge in [0.1, 0.15) is 5.75 Å². The third-order valence-corrected chi connectivity index (χ3v) is 2.59. The van der Waals surface area contributed by atoms with E-state index in [-0.39, 0.29) is 18.1 Å². The van der Waals surface area contributed by atoms with Gasteiger partial charge in [-0.3, -0.25) is 4.79 Å². The van der Waals surface area contributed by atoms with E-state index in [1.54, 1.807) is 0 Å². The van der Waals surface area contributed by atoms with E-state index in [4.69, 9.17) is 4.74 Å². The summed E-state index contributed by atoms with van der Waals surface area (Å²) in [6.45, 7) is 5.95. The normalized spacial score (nSPS) is 19.5. The Morgan fingerprint density at radius 1 is 1.40 bits per heavy atom. The topological polar surface area (TPSA) is 38.3 Å². The molecule has 1 atom stereocenters. The van der Waals surface area contributed by atoms with Gasteiger partial charge in [0.2, 0.25) is 0 Å². The Hall–Kier alpha value is -1.51. The number of fused-ring (bicyclic) bond motifs is 1. The zero-order valence-electron chi connectivity index (χ0n) is 9.20. The Bertz CT molecular complexity index is 399. The van der Waals surface area contributed by atoms with Crippen LogP contribution in [0.2, 0.25) is 0 Å². The van der Waals surface area contributed by atoms with Crippen molar-refractivity contribution in [2.24, 2.45) is 5.92 Å². The molecule has 2 rings (SSSR count). The van der Waals surface area contributed by atoms with Crippen LogP contribution in [0.4, 0.5) is 0 Å². The molecule has 0 aromatic heterocycles. The molecule has 80 valence electrons. The van der Waals surface area contributed by atoms with Crippen LogP contribution in [0.5, 0.6) is 5.75 Å². The molecular formula is C12H15NO2. The second kappa shape index (κ2) is 3.57. The third-order valence-electron chi connectivity index (χ3n) is 2.59. The van der Waals surface area contributed by atoms with Crippen LogP contribution in [0.25, 0.3) is 0 Å². The van der Waals surface area contributed by atoms with Crippen molar-refractivity contribution < 1.29 is 9.53 Å². The number of benzene rings is 1. The van der Waals surface area contributed by atoms with Crippen LogP contribution in [0, 0.1) is 12.8 Å². The lowest BCUT2D eigenvalue weighted by Gasteiger charge is -2.29. The van der Waals surface area contributed by atoms with Crippen LogP contribution >= 0.6 is 0 Å². The maximum Gasteiger partial charge on any atom is 0.258 e. The largest absolute Gasteiger partial charge is 0.470 e. The Kier molecular flexibility index (Phi) is 2.39. The molecule has 1 heterocycles. The highest BCUT2D eigenvalue weighted by Crippen LogP contribution is 2.27. The lowest BCUT2D eigenvalue weighted by molar-refractivity contribution is 0.0642. The molecule has 0 saturated carbocycles. The second-order valence-corrected chi connectivity index (χ2v) is 4.20. The number of carbonyl (C=O) groups is 1. The minimum Gasteiger partial charge on any atom is -0.470 e. The fourth-order valence-electron chi connectivity index (χ4n) is 1.70. The lowest BCUT2D eigenvalue weighted by Crippen LogP contribution is -2.46. The van der Waals surface area contributed by atoms with Gasteiger partial charge in [0.15, 0.2) is 6.23 Å². The van der Waals surface area contributed by atoms with Gasteiger partial charge in [-0.05, 0) is 18.6 Å². The summed E-state index contributed by atoms with van der Waals surface area (Å²) in [5, 5.41) is 2.85. The van der Waals surface area contributed by atoms with Gasteiger partial charge in [-0.2, -0.15) is 0 Å². The molecule has 1 N–H and O–H groups in total. The van der Waals surface area contributed by atoms with Gasteiger partial charge < -0.3 is 10.1 Å². The fourth-order valence-corrected chi connectivity index (χ4v) is 1.70. The van der Waals surface area contributed by atoms with E-state index in [9.17, 15) is 4.79 Å². The molecule has 0 spiro atoms. The summed E-state index contributed by atoms with van der Waals surface area (Å²) in [5.74, 6) is 0.924. The van der Waals surface area contributed by atoms with E-state index >= 15 is 0 Å². The monoisotopic (exact) mass is 205 g/mol. The zero-order valence-corrected chi connectivity index (χ0v) is 9.20. The molecule has 1 aliphatic heterocycles. The average Bonchev–Trinajstić information content (AvgIpc) is 2.17. The molecule has 15 heavy (non-hydrogen) atoms. The summed E-state index contributed by atoms with van der Waals surface area (Å²) in [5.41, 5.74) is 1.61. The first-order valence-electron chi connectivity index (χ1n) is 5.16. The van der Waals surface area contributed by atoms with Crippen molar-refractivity contribution in [2.45, 2.75) is 27.0 Å². The average molecular weight is 205 g/mol. The van der Waals surface area contributed by atoms with E-state index < -0.39 is 0 Å². The van der Waals surface area contributed by atoms with Gasteiger partial charge in [0.25, 0.3) is 5.91 Å². The van der Waals surface area contributed by atoms with Crippen molar-refractivity contribution in [1.29, 1.82) is 0 Å². The van der Waals surface area contributed by atoms with E-state index in [2.05, 4.69) is 5.32 Å². The smallest absolute Gasteiger partial charge is 0.258 e. The van der Waals surface area contributed by atoms with E-state index in [0.29, 0.717) is 11.3 Å². The lowest BCUT2D eigenvalue weighted by atomic mass is 10.0. The molecule has 0 aliphatic carbocycles. The highest BCUT2D eigenvalue weighted by Gasteiger charge is 2.28. The van der Waals surface area contributed by atoms with Gasteiger partial charge in [-0.1, -0.05) is 26.0 Å². The Morgan fingerprint density at radius 3 is 2.80 bits per heavy atom. The van der Waals surface area contributed by atoms with Gasteiger partial charge in [0.05, 0.1) is 5.56 Å². The maximum atomic E-state index is 11.8. The highest BCUT2D eigenvalue weighted by molar-refractivity contribution is 5.99. The minimum absolute atomic E-state index is 0.0342. The molecule has 1 aromatic rings. The number of hydrogen-bond acceptors (Lipinski definition) is 2. The summed E-state index contributed by atoms with van der Waals surface area (Å²) < 4.78 is 5.71. The van der Waals surface area contributed by atoms with Crippen molar-refractivity contribution in [3.8, 4) is 5.75 Å². The minimum atomic E-state index is -0.216. The number of hydrogen-bond donors (Lipinski definition) is 1. The van der Waals surface area contributed by atoms with Gasteiger partial charge in [0, 0.05) is 5.92 Å². The van der Waals surface area contributed by atoms with Gasteiger partial charge in [-0.15, -0.1) is 0 Å². The van der Waals surface area contributed by atoms with Crippen LogP contribution in [-0.4, -0.2) is 12.1 Å². The summed E-state index contributed by atoms with van der Waals surface area (Å²) >= 11 is 0. The predicted molar refractivity (Wildman–Crippen MR) is 57.9 cm³/mol. The Labute approximate surface area is 89.4 Å². The summed E-state index contributed by atoms with van der Waals surface area (Å²) in [7, 11) is 0. The first-order chi connectivity index (χ1) is 7.09. The molecule has 0 radical (unpaired) electrons. The molecule has 0 saturated heterocycles. The number of rotatable bonds is 1. The van der Waals surface area contributed by atoms with Gasteiger partial charge >= 0.3 is 0 Å². The third kappa shape index (κ3) is 1.69.